The second kappa shape index (κ2) is 13.9. The highest BCUT2D eigenvalue weighted by molar-refractivity contribution is 5.78. The van der Waals surface area contributed by atoms with Crippen LogP contribution >= 0.6 is 0 Å². The standard InChI is InChI=1S/C34H44N4O3/c1-36(2)30-13-9-14-31(24-30)41-26-33(39)38-20-17-34(18-21-38)16-7-5-11-28-10-3-4-15-32(28)40-23-22-37(27-34)25-29-12-6-8-19-35-29/h3-4,6,8-10,12-15,19,24H,5,7,11,16-18,20-23,25-27H2,1-2H3. The van der Waals surface area contributed by atoms with Gasteiger partial charge in [-0.1, -0.05) is 36.8 Å². The van der Waals surface area contributed by atoms with Crippen molar-refractivity contribution in [2.45, 2.75) is 45.1 Å². The molecule has 0 saturated carbocycles. The van der Waals surface area contributed by atoms with Crippen molar-refractivity contribution in [3.05, 3.63) is 84.2 Å². The molecule has 5 rings (SSSR count). The number of carbonyl (C=O) groups excluding carboxylic acids is 1. The van der Waals surface area contributed by atoms with E-state index in [0.29, 0.717) is 6.61 Å². The summed E-state index contributed by atoms with van der Waals surface area (Å²) in [5, 5.41) is 0. The summed E-state index contributed by atoms with van der Waals surface area (Å²) in [6.45, 7) is 4.91. The number of aromatic nitrogens is 1. The number of amides is 1. The zero-order chi connectivity index (χ0) is 28.5. The van der Waals surface area contributed by atoms with Crippen LogP contribution in [0.15, 0.2) is 72.9 Å². The van der Waals surface area contributed by atoms with Gasteiger partial charge in [0.2, 0.25) is 0 Å². The molecule has 0 unspecified atom stereocenters. The lowest BCUT2D eigenvalue weighted by atomic mass is 9.73. The molecule has 2 aliphatic rings. The Morgan fingerprint density at radius 3 is 2.61 bits per heavy atom. The van der Waals surface area contributed by atoms with Gasteiger partial charge in [-0.15, -0.1) is 0 Å². The molecular weight excluding hydrogens is 512 g/mol. The lowest BCUT2D eigenvalue weighted by Crippen LogP contribution is -2.49. The SMILES string of the molecule is CN(C)c1cccc(OCC(=O)N2CCC3(CCCCc4ccccc4OCCN(Cc4ccccn4)C3)CC2)c1. The molecule has 1 amide bonds. The maximum Gasteiger partial charge on any atom is 0.260 e. The molecule has 7 nitrogen and oxygen atoms in total. The van der Waals surface area contributed by atoms with E-state index in [2.05, 4.69) is 46.3 Å². The van der Waals surface area contributed by atoms with Gasteiger partial charge in [0.15, 0.2) is 6.61 Å². The second-order valence-corrected chi connectivity index (χ2v) is 11.8. The summed E-state index contributed by atoms with van der Waals surface area (Å²) in [7, 11) is 4.00. The number of ether oxygens (including phenoxy) is 2. The first-order chi connectivity index (χ1) is 20.0. The number of nitrogens with zero attached hydrogens (tertiary/aromatic N) is 4. The molecule has 0 radical (unpaired) electrons. The van der Waals surface area contributed by atoms with Gasteiger partial charge in [-0.2, -0.15) is 0 Å². The number of hydrogen-bond donors (Lipinski definition) is 0. The lowest BCUT2D eigenvalue weighted by Gasteiger charge is -2.45. The van der Waals surface area contributed by atoms with E-state index in [1.165, 1.54) is 18.4 Å². The van der Waals surface area contributed by atoms with Crippen molar-refractivity contribution in [2.75, 3.05) is 58.4 Å². The molecule has 3 aromatic rings. The highest BCUT2D eigenvalue weighted by Crippen LogP contribution is 2.39. The Kier molecular flexibility index (Phi) is 9.78. The van der Waals surface area contributed by atoms with Gasteiger partial charge < -0.3 is 19.3 Å². The van der Waals surface area contributed by atoms with Crippen molar-refractivity contribution in [1.29, 1.82) is 0 Å². The highest BCUT2D eigenvalue weighted by Gasteiger charge is 2.37. The van der Waals surface area contributed by atoms with Crippen LogP contribution < -0.4 is 14.4 Å². The Labute approximate surface area is 245 Å². The van der Waals surface area contributed by atoms with Gasteiger partial charge in [-0.3, -0.25) is 14.7 Å². The Balaban J connectivity index is 1.24. The average molecular weight is 557 g/mol. The number of pyridine rings is 1. The summed E-state index contributed by atoms with van der Waals surface area (Å²) in [4.78, 5) is 24.3. The fourth-order valence-corrected chi connectivity index (χ4v) is 6.17. The van der Waals surface area contributed by atoms with Crippen molar-refractivity contribution in [2.24, 2.45) is 5.41 Å². The van der Waals surface area contributed by atoms with Gasteiger partial charge in [0, 0.05) is 64.8 Å². The maximum absolute atomic E-state index is 13.1. The number of hydrogen-bond acceptors (Lipinski definition) is 6. The molecule has 2 aromatic carbocycles. The molecule has 0 bridgehead atoms. The van der Waals surface area contributed by atoms with Crippen molar-refractivity contribution in [3.63, 3.8) is 0 Å². The van der Waals surface area contributed by atoms with Crippen LogP contribution in [0.25, 0.3) is 0 Å². The van der Waals surface area contributed by atoms with Crippen molar-refractivity contribution < 1.29 is 14.3 Å². The number of fused-ring (bicyclic) bond motifs is 1. The topological polar surface area (TPSA) is 58.1 Å². The Bertz CT molecular complexity index is 1260. The minimum Gasteiger partial charge on any atom is -0.492 e. The molecule has 2 aliphatic heterocycles. The van der Waals surface area contributed by atoms with E-state index in [9.17, 15) is 4.79 Å². The molecular formula is C34H44N4O3. The third-order valence-corrected chi connectivity index (χ3v) is 8.58. The molecule has 218 valence electrons. The van der Waals surface area contributed by atoms with Crippen molar-refractivity contribution in [3.8, 4) is 11.5 Å². The van der Waals surface area contributed by atoms with Crippen LogP contribution in [0.4, 0.5) is 5.69 Å². The van der Waals surface area contributed by atoms with Gasteiger partial charge in [-0.05, 0) is 73.4 Å². The molecule has 1 aromatic heterocycles. The summed E-state index contributed by atoms with van der Waals surface area (Å²) < 4.78 is 12.2. The predicted molar refractivity (Wildman–Crippen MR) is 164 cm³/mol. The quantitative estimate of drug-likeness (QED) is 0.403. The normalized spacial score (nSPS) is 18.0. The van der Waals surface area contributed by atoms with Crippen LogP contribution in [0.5, 0.6) is 11.5 Å². The van der Waals surface area contributed by atoms with Gasteiger partial charge >= 0.3 is 0 Å². The molecule has 3 heterocycles. The van der Waals surface area contributed by atoms with E-state index in [0.717, 1.165) is 81.3 Å². The fourth-order valence-electron chi connectivity index (χ4n) is 6.17. The van der Waals surface area contributed by atoms with Crippen molar-refractivity contribution >= 4 is 11.6 Å². The maximum atomic E-state index is 13.1. The summed E-state index contributed by atoms with van der Waals surface area (Å²) in [6, 6.07) is 22.5. The smallest absolute Gasteiger partial charge is 0.260 e. The number of rotatable bonds is 6. The lowest BCUT2D eigenvalue weighted by molar-refractivity contribution is -0.136. The number of likely N-dealkylation sites (tertiary alicyclic amines) is 1. The van der Waals surface area contributed by atoms with Gasteiger partial charge in [0.05, 0.1) is 5.69 Å². The number of anilines is 1. The minimum absolute atomic E-state index is 0.0682. The van der Waals surface area contributed by atoms with Gasteiger partial charge in [0.25, 0.3) is 5.91 Å². The number of aryl methyl sites for hydroxylation is 1. The van der Waals surface area contributed by atoms with E-state index < -0.39 is 0 Å². The molecule has 0 atom stereocenters. The summed E-state index contributed by atoms with van der Waals surface area (Å²) >= 11 is 0. The Hall–Kier alpha value is -3.58. The highest BCUT2D eigenvalue weighted by atomic mass is 16.5. The monoisotopic (exact) mass is 556 g/mol. The first kappa shape index (κ1) is 28.9. The molecule has 0 aliphatic carbocycles. The first-order valence-electron chi connectivity index (χ1n) is 15.0. The molecule has 1 fully saturated rings. The number of benzene rings is 2. The van der Waals surface area contributed by atoms with E-state index in [1.54, 1.807) is 0 Å². The number of piperidine rings is 1. The third-order valence-electron chi connectivity index (χ3n) is 8.58. The molecule has 1 spiro atoms. The third kappa shape index (κ3) is 8.00. The Morgan fingerprint density at radius 1 is 0.976 bits per heavy atom. The molecule has 1 saturated heterocycles. The van der Waals surface area contributed by atoms with Crippen LogP contribution in [0.3, 0.4) is 0 Å². The van der Waals surface area contributed by atoms with E-state index in [1.807, 2.05) is 60.4 Å². The van der Waals surface area contributed by atoms with Gasteiger partial charge in [-0.25, -0.2) is 0 Å². The zero-order valence-electron chi connectivity index (χ0n) is 24.6. The Morgan fingerprint density at radius 2 is 1.80 bits per heavy atom. The number of para-hydroxylation sites is 1. The zero-order valence-corrected chi connectivity index (χ0v) is 24.6. The van der Waals surface area contributed by atoms with E-state index >= 15 is 0 Å². The van der Waals surface area contributed by atoms with Crippen LogP contribution in [0.2, 0.25) is 0 Å². The number of carbonyl (C=O) groups is 1. The summed E-state index contributed by atoms with van der Waals surface area (Å²) in [5.74, 6) is 1.81. The van der Waals surface area contributed by atoms with Crippen LogP contribution in [-0.2, 0) is 17.8 Å². The predicted octanol–water partition coefficient (Wildman–Crippen LogP) is 5.44. The van der Waals surface area contributed by atoms with Crippen LogP contribution in [0, 0.1) is 5.41 Å². The fraction of sp³-hybridized carbons (Fsp3) is 0.471. The van der Waals surface area contributed by atoms with Crippen LogP contribution in [-0.4, -0.2) is 74.2 Å². The molecule has 0 N–H and O–H groups in total. The van der Waals surface area contributed by atoms with E-state index in [-0.39, 0.29) is 17.9 Å². The summed E-state index contributed by atoms with van der Waals surface area (Å²) in [6.07, 6.45) is 8.41. The molecule has 7 heteroatoms. The van der Waals surface area contributed by atoms with Crippen molar-refractivity contribution in [1.82, 2.24) is 14.8 Å². The second-order valence-electron chi connectivity index (χ2n) is 11.8. The van der Waals surface area contributed by atoms with Gasteiger partial charge in [0.1, 0.15) is 18.1 Å². The largest absolute Gasteiger partial charge is 0.492 e. The van der Waals surface area contributed by atoms with Crippen LogP contribution in [0.1, 0.15) is 43.4 Å². The first-order valence-corrected chi connectivity index (χ1v) is 15.0. The van der Waals surface area contributed by atoms with E-state index in [4.69, 9.17) is 9.47 Å². The summed E-state index contributed by atoms with van der Waals surface area (Å²) in [5.41, 5.74) is 3.61. The minimum atomic E-state index is 0.0682. The average Bonchev–Trinajstić information content (AvgIpc) is 2.99. The molecule has 41 heavy (non-hydrogen) atoms.